The van der Waals surface area contributed by atoms with Gasteiger partial charge in [-0.05, 0) is 38.3 Å². The molecule has 0 spiro atoms. The lowest BCUT2D eigenvalue weighted by molar-refractivity contribution is 0.0223. The Morgan fingerprint density at radius 2 is 2.10 bits per heavy atom. The molecule has 114 valence electrons. The molecule has 0 aromatic carbocycles. The number of fused-ring (bicyclic) bond motifs is 1. The van der Waals surface area contributed by atoms with Gasteiger partial charge in [-0.3, -0.25) is 0 Å². The highest BCUT2D eigenvalue weighted by molar-refractivity contribution is 6.32. The molecule has 6 nitrogen and oxygen atoms in total. The number of carboxylic acid groups (broad SMARTS) is 1. The van der Waals surface area contributed by atoms with Crippen LogP contribution in [0.2, 0.25) is 5.15 Å². The standard InChI is InChI=1S/C14H17ClN2O4/c1-14(2,3)21-13(20)17-5-4-9-8(7-17)6-16-11(15)10(9)12(18)19/h6H,4-5,7H2,1-3H3,(H,18,19). The lowest BCUT2D eigenvalue weighted by atomic mass is 9.97. The van der Waals surface area contributed by atoms with Gasteiger partial charge in [0.1, 0.15) is 16.3 Å². The smallest absolute Gasteiger partial charge is 0.410 e. The van der Waals surface area contributed by atoms with Gasteiger partial charge in [0.2, 0.25) is 0 Å². The molecule has 0 aliphatic carbocycles. The maximum Gasteiger partial charge on any atom is 0.410 e. The predicted octanol–water partition coefficient (Wildman–Crippen LogP) is 2.73. The van der Waals surface area contributed by atoms with Gasteiger partial charge < -0.3 is 14.7 Å². The van der Waals surface area contributed by atoms with E-state index in [1.165, 1.54) is 11.1 Å². The first kappa shape index (κ1) is 15.6. The van der Waals surface area contributed by atoms with Crippen molar-refractivity contribution >= 4 is 23.7 Å². The van der Waals surface area contributed by atoms with E-state index in [4.69, 9.17) is 16.3 Å². The molecular weight excluding hydrogens is 296 g/mol. The van der Waals surface area contributed by atoms with Gasteiger partial charge in [0, 0.05) is 12.7 Å². The molecule has 0 saturated carbocycles. The largest absolute Gasteiger partial charge is 0.478 e. The molecule has 2 heterocycles. The van der Waals surface area contributed by atoms with Crippen molar-refractivity contribution in [2.75, 3.05) is 6.54 Å². The molecule has 0 radical (unpaired) electrons. The van der Waals surface area contributed by atoms with E-state index in [-0.39, 0.29) is 17.3 Å². The minimum atomic E-state index is -1.10. The summed E-state index contributed by atoms with van der Waals surface area (Å²) in [7, 11) is 0. The van der Waals surface area contributed by atoms with E-state index in [1.54, 1.807) is 20.8 Å². The first-order valence-corrected chi connectivity index (χ1v) is 6.94. The summed E-state index contributed by atoms with van der Waals surface area (Å²) in [6, 6.07) is 0. The van der Waals surface area contributed by atoms with Crippen LogP contribution in [0.3, 0.4) is 0 Å². The number of carbonyl (C=O) groups is 2. The summed E-state index contributed by atoms with van der Waals surface area (Å²) >= 11 is 5.85. The van der Waals surface area contributed by atoms with Crippen LogP contribution in [0, 0.1) is 0 Å². The third-order valence-electron chi connectivity index (χ3n) is 3.09. The van der Waals surface area contributed by atoms with Crippen molar-refractivity contribution in [3.8, 4) is 0 Å². The normalized spacial score (nSPS) is 14.6. The molecular formula is C14H17ClN2O4. The fourth-order valence-corrected chi connectivity index (χ4v) is 2.46. The molecule has 0 fully saturated rings. The van der Waals surface area contributed by atoms with Gasteiger partial charge in [0.25, 0.3) is 0 Å². The number of rotatable bonds is 1. The summed E-state index contributed by atoms with van der Waals surface area (Å²) in [4.78, 5) is 28.7. The maximum atomic E-state index is 12.1. The van der Waals surface area contributed by atoms with Gasteiger partial charge in [-0.1, -0.05) is 11.6 Å². The van der Waals surface area contributed by atoms with Gasteiger partial charge in [-0.15, -0.1) is 0 Å². The molecule has 21 heavy (non-hydrogen) atoms. The molecule has 1 amide bonds. The number of pyridine rings is 1. The second-order valence-corrected chi connectivity index (χ2v) is 6.24. The van der Waals surface area contributed by atoms with Crippen LogP contribution in [0.5, 0.6) is 0 Å². The van der Waals surface area contributed by atoms with Crippen LogP contribution >= 0.6 is 11.6 Å². The van der Waals surface area contributed by atoms with Crippen LogP contribution in [-0.2, 0) is 17.7 Å². The number of nitrogens with zero attached hydrogens (tertiary/aromatic N) is 2. The molecule has 1 aromatic rings. The Bertz CT molecular complexity index is 595. The summed E-state index contributed by atoms with van der Waals surface area (Å²) in [5.74, 6) is -1.10. The Balaban J connectivity index is 2.24. The quantitative estimate of drug-likeness (QED) is 0.806. The van der Waals surface area contributed by atoms with Gasteiger partial charge in [-0.25, -0.2) is 14.6 Å². The highest BCUT2D eigenvalue weighted by Gasteiger charge is 2.29. The van der Waals surface area contributed by atoms with E-state index in [2.05, 4.69) is 4.98 Å². The number of aromatic carboxylic acids is 1. The third kappa shape index (κ3) is 3.44. The Kier molecular flexibility index (Phi) is 4.09. The Hall–Kier alpha value is -1.82. The van der Waals surface area contributed by atoms with Gasteiger partial charge in [0.15, 0.2) is 0 Å². The van der Waals surface area contributed by atoms with Crippen molar-refractivity contribution in [2.45, 2.75) is 39.3 Å². The second kappa shape index (κ2) is 5.52. The zero-order valence-corrected chi connectivity index (χ0v) is 12.9. The summed E-state index contributed by atoms with van der Waals surface area (Å²) in [5, 5.41) is 9.20. The fourth-order valence-electron chi connectivity index (χ4n) is 2.22. The number of carbonyl (C=O) groups excluding carboxylic acids is 1. The number of hydrogen-bond donors (Lipinski definition) is 1. The molecule has 0 unspecified atom stereocenters. The van der Waals surface area contributed by atoms with Crippen LogP contribution in [0.4, 0.5) is 4.79 Å². The maximum absolute atomic E-state index is 12.1. The number of carboxylic acids is 1. The molecule has 1 aliphatic heterocycles. The van der Waals surface area contributed by atoms with E-state index in [9.17, 15) is 14.7 Å². The van der Waals surface area contributed by atoms with Crippen molar-refractivity contribution in [1.82, 2.24) is 9.88 Å². The molecule has 0 atom stereocenters. The van der Waals surface area contributed by atoms with Crippen molar-refractivity contribution in [3.63, 3.8) is 0 Å². The molecule has 1 aromatic heterocycles. The minimum absolute atomic E-state index is 0.0213. The highest BCUT2D eigenvalue weighted by Crippen LogP contribution is 2.27. The Morgan fingerprint density at radius 3 is 2.67 bits per heavy atom. The monoisotopic (exact) mass is 312 g/mol. The zero-order chi connectivity index (χ0) is 15.8. The molecule has 1 aliphatic rings. The lowest BCUT2D eigenvalue weighted by Gasteiger charge is -2.31. The number of halogens is 1. The van der Waals surface area contributed by atoms with Crippen LogP contribution in [0.1, 0.15) is 42.3 Å². The van der Waals surface area contributed by atoms with Crippen molar-refractivity contribution < 1.29 is 19.4 Å². The Labute approximate surface area is 127 Å². The number of hydrogen-bond acceptors (Lipinski definition) is 4. The van der Waals surface area contributed by atoms with Crippen LogP contribution < -0.4 is 0 Å². The van der Waals surface area contributed by atoms with E-state index >= 15 is 0 Å². The van der Waals surface area contributed by atoms with Crippen molar-refractivity contribution in [1.29, 1.82) is 0 Å². The third-order valence-corrected chi connectivity index (χ3v) is 3.37. The van der Waals surface area contributed by atoms with E-state index in [0.717, 1.165) is 0 Å². The number of aromatic nitrogens is 1. The molecule has 2 rings (SSSR count). The first-order valence-electron chi connectivity index (χ1n) is 6.56. The van der Waals surface area contributed by atoms with E-state index in [1.807, 2.05) is 0 Å². The van der Waals surface area contributed by atoms with Gasteiger partial charge in [-0.2, -0.15) is 0 Å². The summed E-state index contributed by atoms with van der Waals surface area (Å²) in [6.07, 6.45) is 1.51. The topological polar surface area (TPSA) is 79.7 Å². The molecule has 0 saturated heterocycles. The average Bonchev–Trinajstić information content (AvgIpc) is 2.35. The molecule has 1 N–H and O–H groups in total. The highest BCUT2D eigenvalue weighted by atomic mass is 35.5. The van der Waals surface area contributed by atoms with Gasteiger partial charge >= 0.3 is 12.1 Å². The number of amides is 1. The van der Waals surface area contributed by atoms with Crippen molar-refractivity contribution in [2.24, 2.45) is 0 Å². The summed E-state index contributed by atoms with van der Waals surface area (Å²) in [6.45, 7) is 6.06. The first-order chi connectivity index (χ1) is 9.69. The van der Waals surface area contributed by atoms with Crippen LogP contribution in [0.15, 0.2) is 6.20 Å². The average molecular weight is 313 g/mol. The Morgan fingerprint density at radius 1 is 1.43 bits per heavy atom. The van der Waals surface area contributed by atoms with Crippen molar-refractivity contribution in [3.05, 3.63) is 28.0 Å². The SMILES string of the molecule is CC(C)(C)OC(=O)N1CCc2c(cnc(Cl)c2C(=O)O)C1. The van der Waals surface area contributed by atoms with E-state index in [0.29, 0.717) is 24.1 Å². The predicted molar refractivity (Wildman–Crippen MR) is 76.6 cm³/mol. The summed E-state index contributed by atoms with van der Waals surface area (Å²) in [5.41, 5.74) is 0.788. The second-order valence-electron chi connectivity index (χ2n) is 5.88. The molecule has 0 bridgehead atoms. The van der Waals surface area contributed by atoms with Gasteiger partial charge in [0.05, 0.1) is 6.54 Å². The number of ether oxygens (including phenoxy) is 1. The zero-order valence-electron chi connectivity index (χ0n) is 12.1. The lowest BCUT2D eigenvalue weighted by Crippen LogP contribution is -2.40. The molecule has 7 heteroatoms. The minimum Gasteiger partial charge on any atom is -0.478 e. The van der Waals surface area contributed by atoms with Crippen LogP contribution in [0.25, 0.3) is 0 Å². The fraction of sp³-hybridized carbons (Fsp3) is 0.500. The van der Waals surface area contributed by atoms with E-state index < -0.39 is 17.7 Å². The van der Waals surface area contributed by atoms with Crippen LogP contribution in [-0.4, -0.2) is 39.2 Å². The summed E-state index contributed by atoms with van der Waals surface area (Å²) < 4.78 is 5.32.